The maximum absolute atomic E-state index is 13.5. The van der Waals surface area contributed by atoms with Gasteiger partial charge in [0.2, 0.25) is 0 Å². The van der Waals surface area contributed by atoms with Gasteiger partial charge >= 0.3 is 23.9 Å². The Morgan fingerprint density at radius 3 is 1.60 bits per heavy atom. The number of carbonyl (C=O) groups excluding carboxylic acids is 4. The van der Waals surface area contributed by atoms with E-state index >= 15 is 0 Å². The molecule has 4 heterocycles. The van der Waals surface area contributed by atoms with Gasteiger partial charge in [-0.1, -0.05) is 36.4 Å². The highest BCUT2D eigenvalue weighted by atomic mass is 16.8. The Hall–Kier alpha value is -4.04. The molecule has 4 fully saturated rings. The van der Waals surface area contributed by atoms with E-state index in [0.717, 1.165) is 7.11 Å². The molecule has 12 atom stereocenters. The zero-order valence-electron chi connectivity index (χ0n) is 28.9. The molecule has 4 aliphatic rings. The molecule has 0 aliphatic carbocycles. The standard InChI is InChI=1S/C35H40O17/c1-34(32(39)42-4)45-17-21-22(51-34)24(41-3)27(49-29(37)19-14-10-7-11-15-19)31(47-21)50-25-23-20(16-44-35(2,52-23)33(40)43-5)46-30(38)26(25)48-28(36)18-12-8-6-9-13-18/h6-15,20-27,30-31,38H,16-17H2,1-5H3/t20-,21-,22-,23-,24+,25+,26-,27-,30+,31+,34+,35+/m1/s1. The van der Waals surface area contributed by atoms with Crippen molar-refractivity contribution in [3.05, 3.63) is 71.8 Å². The lowest BCUT2D eigenvalue weighted by Gasteiger charge is -2.53. The molecule has 4 aliphatic heterocycles. The van der Waals surface area contributed by atoms with Crippen LogP contribution in [0.4, 0.5) is 0 Å². The first kappa shape index (κ1) is 37.7. The van der Waals surface area contributed by atoms with Crippen molar-refractivity contribution in [2.75, 3.05) is 34.5 Å². The summed E-state index contributed by atoms with van der Waals surface area (Å²) in [4.78, 5) is 52.3. The number of ether oxygens (including phenoxy) is 12. The number of carbonyl (C=O) groups is 4. The molecule has 0 aromatic heterocycles. The first-order chi connectivity index (χ1) is 24.9. The average Bonchev–Trinajstić information content (AvgIpc) is 3.16. The van der Waals surface area contributed by atoms with Gasteiger partial charge in [-0.05, 0) is 24.3 Å². The van der Waals surface area contributed by atoms with Crippen molar-refractivity contribution in [2.45, 2.75) is 86.8 Å². The maximum atomic E-state index is 13.5. The summed E-state index contributed by atoms with van der Waals surface area (Å²) in [7, 11) is 3.66. The van der Waals surface area contributed by atoms with Crippen molar-refractivity contribution in [1.29, 1.82) is 0 Å². The summed E-state index contributed by atoms with van der Waals surface area (Å²) in [6.07, 6.45) is -13.4. The van der Waals surface area contributed by atoms with Gasteiger partial charge in [-0.15, -0.1) is 0 Å². The summed E-state index contributed by atoms with van der Waals surface area (Å²) >= 11 is 0. The second-order valence-electron chi connectivity index (χ2n) is 12.5. The Kier molecular flexibility index (Phi) is 11.3. The van der Waals surface area contributed by atoms with Crippen molar-refractivity contribution in [2.24, 2.45) is 0 Å². The van der Waals surface area contributed by atoms with E-state index in [-0.39, 0.29) is 24.3 Å². The van der Waals surface area contributed by atoms with E-state index in [1.807, 2.05) is 0 Å². The molecule has 52 heavy (non-hydrogen) atoms. The molecule has 0 saturated carbocycles. The van der Waals surface area contributed by atoms with E-state index in [9.17, 15) is 24.3 Å². The van der Waals surface area contributed by atoms with Crippen LogP contribution in [0.1, 0.15) is 34.6 Å². The highest BCUT2D eigenvalue weighted by Crippen LogP contribution is 2.40. The molecule has 0 spiro atoms. The Morgan fingerprint density at radius 1 is 0.654 bits per heavy atom. The van der Waals surface area contributed by atoms with Crippen molar-refractivity contribution < 1.29 is 81.1 Å². The summed E-state index contributed by atoms with van der Waals surface area (Å²) in [6, 6.07) is 16.1. The van der Waals surface area contributed by atoms with Gasteiger partial charge in [0.15, 0.2) is 24.8 Å². The molecule has 0 unspecified atom stereocenters. The topological polar surface area (TPSA) is 199 Å². The Balaban J connectivity index is 1.38. The first-order valence-corrected chi connectivity index (χ1v) is 16.4. The van der Waals surface area contributed by atoms with Crippen LogP contribution in [0.3, 0.4) is 0 Å². The van der Waals surface area contributed by atoms with Crippen LogP contribution in [-0.2, 0) is 66.4 Å². The van der Waals surface area contributed by atoms with Crippen LogP contribution < -0.4 is 0 Å². The quantitative estimate of drug-likeness (QED) is 0.281. The molecule has 0 amide bonds. The van der Waals surface area contributed by atoms with E-state index in [1.165, 1.54) is 52.3 Å². The Labute approximate surface area is 298 Å². The van der Waals surface area contributed by atoms with Crippen LogP contribution in [0.2, 0.25) is 0 Å². The lowest BCUT2D eigenvalue weighted by Crippen LogP contribution is -2.71. The fourth-order valence-corrected chi connectivity index (χ4v) is 6.45. The molecule has 282 valence electrons. The normalized spacial score (nSPS) is 37.0. The van der Waals surface area contributed by atoms with E-state index < -0.39 is 96.9 Å². The van der Waals surface area contributed by atoms with Crippen molar-refractivity contribution in [3.8, 4) is 0 Å². The third-order valence-electron chi connectivity index (χ3n) is 9.15. The maximum Gasteiger partial charge on any atom is 0.366 e. The van der Waals surface area contributed by atoms with Crippen LogP contribution in [0, 0.1) is 0 Å². The number of aliphatic hydroxyl groups excluding tert-OH is 1. The summed E-state index contributed by atoms with van der Waals surface area (Å²) in [5.74, 6) is -7.17. The van der Waals surface area contributed by atoms with Gasteiger partial charge in [0.25, 0.3) is 11.6 Å². The highest BCUT2D eigenvalue weighted by Gasteiger charge is 2.61. The number of benzene rings is 2. The van der Waals surface area contributed by atoms with Crippen LogP contribution in [0.15, 0.2) is 60.7 Å². The van der Waals surface area contributed by atoms with Crippen molar-refractivity contribution in [1.82, 2.24) is 0 Å². The van der Waals surface area contributed by atoms with E-state index in [0.29, 0.717) is 0 Å². The fraction of sp³-hybridized carbons (Fsp3) is 0.543. The zero-order valence-corrected chi connectivity index (χ0v) is 28.9. The molecule has 17 nitrogen and oxygen atoms in total. The SMILES string of the molecule is COC(=O)[C@@]1(C)OC[C@H]2O[C@H](O)[C@H](OC(=O)c3ccccc3)[C@@H](O[C@@H]3O[C@@H]4CO[C@](C)(C(=O)OC)O[C@H]4[C@H](OC)[C@H]3OC(=O)c3ccccc3)[C@@H]2O1. The smallest absolute Gasteiger partial charge is 0.366 e. The van der Waals surface area contributed by atoms with Crippen LogP contribution in [0.5, 0.6) is 0 Å². The van der Waals surface area contributed by atoms with Crippen LogP contribution in [0.25, 0.3) is 0 Å². The summed E-state index contributed by atoms with van der Waals surface area (Å²) in [5.41, 5.74) is 0.335. The van der Waals surface area contributed by atoms with Gasteiger partial charge in [0.05, 0.1) is 38.6 Å². The zero-order chi connectivity index (χ0) is 37.2. The third-order valence-corrected chi connectivity index (χ3v) is 9.15. The number of esters is 4. The predicted octanol–water partition coefficient (Wildman–Crippen LogP) is 0.889. The Morgan fingerprint density at radius 2 is 1.12 bits per heavy atom. The largest absolute Gasteiger partial charge is 0.465 e. The minimum absolute atomic E-state index is 0.152. The van der Waals surface area contributed by atoms with E-state index in [1.54, 1.807) is 36.4 Å². The molecule has 0 bridgehead atoms. The molecule has 2 aromatic carbocycles. The average molecular weight is 733 g/mol. The third kappa shape index (κ3) is 7.41. The second kappa shape index (κ2) is 15.5. The van der Waals surface area contributed by atoms with E-state index in [4.69, 9.17) is 56.8 Å². The minimum Gasteiger partial charge on any atom is -0.465 e. The highest BCUT2D eigenvalue weighted by molar-refractivity contribution is 5.90. The molecular weight excluding hydrogens is 692 g/mol. The molecule has 1 N–H and O–H groups in total. The van der Waals surface area contributed by atoms with Crippen LogP contribution >= 0.6 is 0 Å². The second-order valence-corrected chi connectivity index (χ2v) is 12.5. The number of hydrogen-bond acceptors (Lipinski definition) is 17. The summed E-state index contributed by atoms with van der Waals surface area (Å²) in [6.45, 7) is 2.19. The van der Waals surface area contributed by atoms with Gasteiger partial charge in [0, 0.05) is 21.0 Å². The minimum atomic E-state index is -1.96. The summed E-state index contributed by atoms with van der Waals surface area (Å²) in [5, 5.41) is 11.3. The molecule has 4 saturated heterocycles. The lowest BCUT2D eigenvalue weighted by atomic mass is 9.94. The lowest BCUT2D eigenvalue weighted by molar-refractivity contribution is -0.413. The first-order valence-electron chi connectivity index (χ1n) is 16.4. The van der Waals surface area contributed by atoms with Gasteiger partial charge in [0.1, 0.15) is 36.6 Å². The molecule has 17 heteroatoms. The van der Waals surface area contributed by atoms with Crippen molar-refractivity contribution >= 4 is 23.9 Å². The number of aliphatic hydroxyl groups is 1. The van der Waals surface area contributed by atoms with E-state index in [2.05, 4.69) is 0 Å². The Bertz CT molecular complexity index is 1590. The monoisotopic (exact) mass is 732 g/mol. The number of methoxy groups -OCH3 is 3. The molecule has 6 rings (SSSR count). The molecule has 0 radical (unpaired) electrons. The fourth-order valence-electron chi connectivity index (χ4n) is 6.45. The van der Waals surface area contributed by atoms with Gasteiger partial charge < -0.3 is 61.9 Å². The van der Waals surface area contributed by atoms with Gasteiger partial charge in [-0.25, -0.2) is 19.2 Å². The number of rotatable bonds is 9. The molecular formula is C35H40O17. The number of fused-ring (bicyclic) bond motifs is 2. The summed E-state index contributed by atoms with van der Waals surface area (Å²) < 4.78 is 69.6. The van der Waals surface area contributed by atoms with Gasteiger partial charge in [-0.2, -0.15) is 0 Å². The van der Waals surface area contributed by atoms with Gasteiger partial charge in [-0.3, -0.25) is 0 Å². The predicted molar refractivity (Wildman–Crippen MR) is 169 cm³/mol. The molecule has 2 aromatic rings. The van der Waals surface area contributed by atoms with Crippen LogP contribution in [-0.4, -0.2) is 137 Å². The number of hydrogen-bond donors (Lipinski definition) is 1. The van der Waals surface area contributed by atoms with Crippen molar-refractivity contribution in [3.63, 3.8) is 0 Å².